The fraction of sp³-hybridized carbons (Fsp3) is 0.304. The number of hydrogen-bond donors (Lipinski definition) is 0. The summed E-state index contributed by atoms with van der Waals surface area (Å²) in [5.41, 5.74) is 4.81. The van der Waals surface area contributed by atoms with E-state index in [4.69, 9.17) is 0 Å². The van der Waals surface area contributed by atoms with Crippen LogP contribution >= 0.6 is 0 Å². The molecule has 1 unspecified atom stereocenters. The first-order valence-corrected chi connectivity index (χ1v) is 9.11. The van der Waals surface area contributed by atoms with E-state index in [0.29, 0.717) is 17.4 Å². The zero-order valence-electron chi connectivity index (χ0n) is 15.7. The summed E-state index contributed by atoms with van der Waals surface area (Å²) in [4.78, 5) is 4.45. The van der Waals surface area contributed by atoms with Crippen LogP contribution in [0.15, 0.2) is 55.5 Å². The second-order valence-electron chi connectivity index (χ2n) is 7.43. The molecule has 2 aromatic rings. The van der Waals surface area contributed by atoms with Crippen LogP contribution in [-0.2, 0) is 0 Å². The molecule has 26 heavy (non-hydrogen) atoms. The van der Waals surface area contributed by atoms with Gasteiger partial charge < -0.3 is 4.57 Å². The maximum Gasteiger partial charge on any atom is 0.137 e. The van der Waals surface area contributed by atoms with Gasteiger partial charge in [0, 0.05) is 24.2 Å². The van der Waals surface area contributed by atoms with Crippen LogP contribution in [0.4, 0.5) is 0 Å². The normalized spacial score (nSPS) is 16.4. The SMILES string of the molecule is C=C(C)c1ccnc(-n2cc(C#N)c(C3=CCC(CC(C)C)C=C3)c2)c1. The average molecular weight is 343 g/mol. The zero-order valence-corrected chi connectivity index (χ0v) is 15.7. The lowest BCUT2D eigenvalue weighted by molar-refractivity contribution is 0.477. The maximum atomic E-state index is 9.57. The summed E-state index contributed by atoms with van der Waals surface area (Å²) >= 11 is 0. The Labute approximate surface area is 156 Å². The molecule has 0 radical (unpaired) electrons. The molecule has 0 N–H and O–H groups in total. The van der Waals surface area contributed by atoms with E-state index >= 15 is 0 Å². The third-order valence-corrected chi connectivity index (χ3v) is 4.72. The number of nitrogens with zero attached hydrogens (tertiary/aromatic N) is 3. The number of aromatic nitrogens is 2. The van der Waals surface area contributed by atoms with Crippen molar-refractivity contribution in [3.63, 3.8) is 0 Å². The van der Waals surface area contributed by atoms with Gasteiger partial charge in [0.25, 0.3) is 0 Å². The van der Waals surface area contributed by atoms with Crippen LogP contribution in [-0.4, -0.2) is 9.55 Å². The van der Waals surface area contributed by atoms with Gasteiger partial charge in [-0.05, 0) is 54.9 Å². The predicted octanol–water partition coefficient (Wildman–Crippen LogP) is 5.78. The van der Waals surface area contributed by atoms with Crippen molar-refractivity contribution >= 4 is 11.1 Å². The second kappa shape index (κ2) is 7.58. The van der Waals surface area contributed by atoms with Gasteiger partial charge in [-0.15, -0.1) is 0 Å². The summed E-state index contributed by atoms with van der Waals surface area (Å²) in [7, 11) is 0. The standard InChI is InChI=1S/C23H25N3/c1-16(2)11-18-5-7-19(8-6-18)22-15-26(14-21(22)13-24)23-12-20(17(3)4)9-10-25-23/h5,7-10,12,14-16,18H,3,6,11H2,1-2,4H3. The lowest BCUT2D eigenvalue weighted by atomic mass is 9.87. The third-order valence-electron chi connectivity index (χ3n) is 4.72. The van der Waals surface area contributed by atoms with E-state index in [2.05, 4.69) is 49.7 Å². The smallest absolute Gasteiger partial charge is 0.137 e. The zero-order chi connectivity index (χ0) is 18.7. The van der Waals surface area contributed by atoms with Gasteiger partial charge in [0.1, 0.15) is 11.9 Å². The fourth-order valence-corrected chi connectivity index (χ4v) is 3.38. The van der Waals surface area contributed by atoms with Gasteiger partial charge in [-0.2, -0.15) is 5.26 Å². The Morgan fingerprint density at radius 2 is 2.23 bits per heavy atom. The van der Waals surface area contributed by atoms with Crippen LogP contribution in [0, 0.1) is 23.2 Å². The van der Waals surface area contributed by atoms with Gasteiger partial charge >= 0.3 is 0 Å². The summed E-state index contributed by atoms with van der Waals surface area (Å²) < 4.78 is 1.93. The summed E-state index contributed by atoms with van der Waals surface area (Å²) in [5, 5.41) is 9.57. The molecular formula is C23H25N3. The molecule has 0 spiro atoms. The molecule has 0 saturated heterocycles. The highest BCUT2D eigenvalue weighted by atomic mass is 15.0. The first kappa shape index (κ1) is 17.9. The molecule has 2 aromatic heterocycles. The molecule has 1 atom stereocenters. The van der Waals surface area contributed by atoms with Gasteiger partial charge in [0.05, 0.1) is 5.56 Å². The molecule has 2 heterocycles. The molecule has 0 bridgehead atoms. The highest BCUT2D eigenvalue weighted by molar-refractivity contribution is 5.78. The van der Waals surface area contributed by atoms with E-state index in [1.165, 1.54) is 6.42 Å². The Hall–Kier alpha value is -2.86. The van der Waals surface area contributed by atoms with Gasteiger partial charge in [-0.1, -0.05) is 44.2 Å². The van der Waals surface area contributed by atoms with Crippen molar-refractivity contribution in [1.82, 2.24) is 9.55 Å². The van der Waals surface area contributed by atoms with Gasteiger partial charge in [0.15, 0.2) is 0 Å². The van der Waals surface area contributed by atoms with Crippen molar-refractivity contribution in [2.45, 2.75) is 33.6 Å². The van der Waals surface area contributed by atoms with Crippen molar-refractivity contribution in [1.29, 1.82) is 5.26 Å². The molecule has 0 aliphatic heterocycles. The van der Waals surface area contributed by atoms with Crippen molar-refractivity contribution in [2.24, 2.45) is 11.8 Å². The first-order valence-electron chi connectivity index (χ1n) is 9.11. The van der Waals surface area contributed by atoms with Crippen molar-refractivity contribution in [3.8, 4) is 11.9 Å². The van der Waals surface area contributed by atoms with Crippen molar-refractivity contribution in [2.75, 3.05) is 0 Å². The topological polar surface area (TPSA) is 41.6 Å². The highest BCUT2D eigenvalue weighted by Crippen LogP contribution is 2.30. The Morgan fingerprint density at radius 1 is 1.42 bits per heavy atom. The van der Waals surface area contributed by atoms with Crippen LogP contribution in [0.2, 0.25) is 0 Å². The number of rotatable bonds is 5. The molecule has 3 nitrogen and oxygen atoms in total. The molecule has 3 heteroatoms. The van der Waals surface area contributed by atoms with Gasteiger partial charge in [-0.25, -0.2) is 4.98 Å². The summed E-state index contributed by atoms with van der Waals surface area (Å²) in [6.45, 7) is 10.5. The van der Waals surface area contributed by atoms with Crippen LogP contribution in [0.25, 0.3) is 17.0 Å². The minimum atomic E-state index is 0.597. The number of nitriles is 1. The minimum absolute atomic E-state index is 0.597. The Bertz CT molecular complexity index is 919. The molecule has 1 aliphatic carbocycles. The lowest BCUT2D eigenvalue weighted by Crippen LogP contribution is -2.03. The molecule has 0 amide bonds. The van der Waals surface area contributed by atoms with E-state index in [-0.39, 0.29) is 0 Å². The van der Waals surface area contributed by atoms with Crippen LogP contribution < -0.4 is 0 Å². The molecule has 3 rings (SSSR count). The number of hydrogen-bond acceptors (Lipinski definition) is 2. The van der Waals surface area contributed by atoms with Crippen molar-refractivity contribution < 1.29 is 0 Å². The molecule has 0 saturated carbocycles. The van der Waals surface area contributed by atoms with E-state index in [1.54, 1.807) is 6.20 Å². The van der Waals surface area contributed by atoms with E-state index in [0.717, 1.165) is 34.5 Å². The summed E-state index contributed by atoms with van der Waals surface area (Å²) in [6.07, 6.45) is 14.6. The molecule has 132 valence electrons. The maximum absolute atomic E-state index is 9.57. The molecular weight excluding hydrogens is 318 g/mol. The third kappa shape index (κ3) is 3.86. The monoisotopic (exact) mass is 343 g/mol. The molecule has 1 aliphatic rings. The fourth-order valence-electron chi connectivity index (χ4n) is 3.38. The molecule has 0 aromatic carbocycles. The minimum Gasteiger partial charge on any atom is -0.307 e. The summed E-state index contributed by atoms with van der Waals surface area (Å²) in [6, 6.07) is 6.27. The van der Waals surface area contributed by atoms with E-state index < -0.39 is 0 Å². The van der Waals surface area contributed by atoms with Gasteiger partial charge in [0.2, 0.25) is 0 Å². The van der Waals surface area contributed by atoms with Crippen molar-refractivity contribution in [3.05, 3.63) is 72.2 Å². The van der Waals surface area contributed by atoms with E-state index in [9.17, 15) is 5.26 Å². The van der Waals surface area contributed by atoms with Crippen LogP contribution in [0.3, 0.4) is 0 Å². The second-order valence-corrected chi connectivity index (χ2v) is 7.43. The Morgan fingerprint density at radius 3 is 2.85 bits per heavy atom. The largest absolute Gasteiger partial charge is 0.307 e. The van der Waals surface area contributed by atoms with Crippen LogP contribution in [0.5, 0.6) is 0 Å². The average Bonchev–Trinajstić information content (AvgIpc) is 3.06. The number of allylic oxidation sites excluding steroid dienone is 5. The van der Waals surface area contributed by atoms with Crippen LogP contribution in [0.1, 0.15) is 50.3 Å². The quantitative estimate of drug-likeness (QED) is 0.690. The van der Waals surface area contributed by atoms with Gasteiger partial charge in [-0.3, -0.25) is 0 Å². The lowest BCUT2D eigenvalue weighted by Gasteiger charge is -2.17. The first-order chi connectivity index (χ1) is 12.5. The number of pyridine rings is 1. The summed E-state index contributed by atoms with van der Waals surface area (Å²) in [5.74, 6) is 2.09. The highest BCUT2D eigenvalue weighted by Gasteiger charge is 2.16. The predicted molar refractivity (Wildman–Crippen MR) is 108 cm³/mol. The molecule has 0 fully saturated rings. The Kier molecular flexibility index (Phi) is 5.23. The Balaban J connectivity index is 1.90. The van der Waals surface area contributed by atoms with E-state index in [1.807, 2.05) is 36.0 Å².